The number of rotatable bonds is 2. The van der Waals surface area contributed by atoms with Crippen LogP contribution in [0.2, 0.25) is 0 Å². The summed E-state index contributed by atoms with van der Waals surface area (Å²) >= 11 is 3.56. The molecule has 0 amide bonds. The van der Waals surface area contributed by atoms with Gasteiger partial charge in [-0.25, -0.2) is 4.98 Å². The average molecular weight is 302 g/mol. The largest absolute Gasteiger partial charge is 0.398 e. The first-order valence-electron chi connectivity index (χ1n) is 5.69. The first kappa shape index (κ1) is 11.3. The summed E-state index contributed by atoms with van der Waals surface area (Å²) in [5.41, 5.74) is 8.84. The molecular formula is C14H12BrN3. The van der Waals surface area contributed by atoms with E-state index in [9.17, 15) is 0 Å². The molecule has 0 aliphatic carbocycles. The summed E-state index contributed by atoms with van der Waals surface area (Å²) in [7, 11) is 0. The van der Waals surface area contributed by atoms with E-state index in [0.29, 0.717) is 0 Å². The zero-order chi connectivity index (χ0) is 12.5. The van der Waals surface area contributed by atoms with Crippen molar-refractivity contribution in [3.8, 4) is 0 Å². The van der Waals surface area contributed by atoms with E-state index in [2.05, 4.69) is 27.0 Å². The highest BCUT2D eigenvalue weighted by molar-refractivity contribution is 9.10. The van der Waals surface area contributed by atoms with Gasteiger partial charge in [-0.1, -0.05) is 34.1 Å². The average Bonchev–Trinajstić information content (AvgIpc) is 2.75. The fourth-order valence-corrected chi connectivity index (χ4v) is 2.43. The molecule has 3 aromatic rings. The van der Waals surface area contributed by atoms with Crippen molar-refractivity contribution >= 4 is 27.1 Å². The summed E-state index contributed by atoms with van der Waals surface area (Å²) in [6.07, 6.45) is 4.55. The SMILES string of the molecule is Nc1ccc2cnc(Cc3ccccc3Br)n2c1. The summed E-state index contributed by atoms with van der Waals surface area (Å²) in [5.74, 6) is 0.990. The molecule has 2 heterocycles. The summed E-state index contributed by atoms with van der Waals surface area (Å²) in [4.78, 5) is 4.46. The molecule has 90 valence electrons. The highest BCUT2D eigenvalue weighted by Crippen LogP contribution is 2.20. The number of halogens is 1. The van der Waals surface area contributed by atoms with Crippen molar-refractivity contribution in [2.24, 2.45) is 0 Å². The second-order valence-corrected chi connectivity index (χ2v) is 5.05. The van der Waals surface area contributed by atoms with Gasteiger partial charge in [0.05, 0.1) is 11.7 Å². The van der Waals surface area contributed by atoms with Gasteiger partial charge >= 0.3 is 0 Å². The van der Waals surface area contributed by atoms with E-state index >= 15 is 0 Å². The first-order chi connectivity index (χ1) is 8.74. The summed E-state index contributed by atoms with van der Waals surface area (Å²) in [6.45, 7) is 0. The second kappa shape index (κ2) is 4.46. The van der Waals surface area contributed by atoms with E-state index in [0.717, 1.165) is 27.9 Å². The Labute approximate surface area is 113 Å². The predicted octanol–water partition coefficient (Wildman–Crippen LogP) is 3.27. The maximum absolute atomic E-state index is 5.82. The first-order valence-corrected chi connectivity index (χ1v) is 6.48. The van der Waals surface area contributed by atoms with Crippen LogP contribution in [-0.2, 0) is 6.42 Å². The number of imidazole rings is 1. The third-order valence-electron chi connectivity index (χ3n) is 2.93. The monoisotopic (exact) mass is 301 g/mol. The minimum absolute atomic E-state index is 0.744. The fraction of sp³-hybridized carbons (Fsp3) is 0.0714. The van der Waals surface area contributed by atoms with E-state index < -0.39 is 0 Å². The van der Waals surface area contributed by atoms with Crippen LogP contribution in [0.3, 0.4) is 0 Å². The van der Waals surface area contributed by atoms with Crippen LogP contribution >= 0.6 is 15.9 Å². The number of nitrogens with two attached hydrogens (primary N) is 1. The Morgan fingerprint density at radius 1 is 1.17 bits per heavy atom. The number of benzene rings is 1. The Bertz CT molecular complexity index is 703. The highest BCUT2D eigenvalue weighted by Gasteiger charge is 2.06. The van der Waals surface area contributed by atoms with Gasteiger partial charge in [-0.3, -0.25) is 0 Å². The lowest BCUT2D eigenvalue weighted by Crippen LogP contribution is -1.98. The minimum Gasteiger partial charge on any atom is -0.398 e. The van der Waals surface area contributed by atoms with Crippen LogP contribution < -0.4 is 5.73 Å². The van der Waals surface area contributed by atoms with Crippen molar-refractivity contribution in [1.29, 1.82) is 0 Å². The molecule has 18 heavy (non-hydrogen) atoms. The summed E-state index contributed by atoms with van der Waals surface area (Å²) in [5, 5.41) is 0. The zero-order valence-electron chi connectivity index (χ0n) is 9.68. The predicted molar refractivity (Wildman–Crippen MR) is 76.6 cm³/mol. The van der Waals surface area contributed by atoms with Gasteiger partial charge in [0.25, 0.3) is 0 Å². The second-order valence-electron chi connectivity index (χ2n) is 4.20. The van der Waals surface area contributed by atoms with Crippen molar-refractivity contribution in [3.63, 3.8) is 0 Å². The van der Waals surface area contributed by atoms with Gasteiger partial charge in [0.1, 0.15) is 5.82 Å². The summed E-state index contributed by atoms with van der Waals surface area (Å²) < 4.78 is 3.14. The van der Waals surface area contributed by atoms with E-state index in [4.69, 9.17) is 5.73 Å². The molecule has 0 aliphatic rings. The molecule has 0 fully saturated rings. The van der Waals surface area contributed by atoms with E-state index in [1.807, 2.05) is 47.1 Å². The Hall–Kier alpha value is -1.81. The third-order valence-corrected chi connectivity index (χ3v) is 3.71. The molecule has 2 N–H and O–H groups in total. The molecular weight excluding hydrogens is 290 g/mol. The maximum atomic E-state index is 5.82. The molecule has 1 aromatic carbocycles. The molecule has 3 nitrogen and oxygen atoms in total. The van der Waals surface area contributed by atoms with Gasteiger partial charge in [-0.2, -0.15) is 0 Å². The molecule has 0 saturated carbocycles. The molecule has 0 aliphatic heterocycles. The van der Waals surface area contributed by atoms with Gasteiger partial charge < -0.3 is 10.1 Å². The van der Waals surface area contributed by atoms with Crippen LogP contribution in [0.25, 0.3) is 5.52 Å². The number of hydrogen-bond donors (Lipinski definition) is 1. The van der Waals surface area contributed by atoms with Crippen molar-refractivity contribution < 1.29 is 0 Å². The van der Waals surface area contributed by atoms with Gasteiger partial charge in [0.15, 0.2) is 0 Å². The smallest absolute Gasteiger partial charge is 0.117 e. The highest BCUT2D eigenvalue weighted by atomic mass is 79.9. The fourth-order valence-electron chi connectivity index (χ4n) is 2.00. The van der Waals surface area contributed by atoms with Crippen LogP contribution in [-0.4, -0.2) is 9.38 Å². The normalized spacial score (nSPS) is 10.9. The number of pyridine rings is 1. The topological polar surface area (TPSA) is 43.3 Å². The molecule has 4 heteroatoms. The molecule has 3 rings (SSSR count). The molecule has 0 spiro atoms. The van der Waals surface area contributed by atoms with Crippen molar-refractivity contribution in [1.82, 2.24) is 9.38 Å². The molecule has 0 atom stereocenters. The number of hydrogen-bond acceptors (Lipinski definition) is 2. The molecule has 0 saturated heterocycles. The van der Waals surface area contributed by atoms with Crippen LogP contribution in [0, 0.1) is 0 Å². The summed E-state index contributed by atoms with van der Waals surface area (Å²) in [6, 6.07) is 12.0. The van der Waals surface area contributed by atoms with E-state index in [1.165, 1.54) is 5.56 Å². The Morgan fingerprint density at radius 2 is 2.00 bits per heavy atom. The maximum Gasteiger partial charge on any atom is 0.117 e. The lowest BCUT2D eigenvalue weighted by atomic mass is 10.1. The molecule has 0 radical (unpaired) electrons. The third kappa shape index (κ3) is 1.99. The molecule has 0 unspecified atom stereocenters. The van der Waals surface area contributed by atoms with Crippen molar-refractivity contribution in [3.05, 3.63) is 64.7 Å². The minimum atomic E-state index is 0.744. The van der Waals surface area contributed by atoms with Crippen molar-refractivity contribution in [2.75, 3.05) is 5.73 Å². The van der Waals surface area contributed by atoms with Crippen LogP contribution in [0.5, 0.6) is 0 Å². The van der Waals surface area contributed by atoms with Gasteiger partial charge in [0, 0.05) is 22.8 Å². The van der Waals surface area contributed by atoms with E-state index in [1.54, 1.807) is 0 Å². The number of nitrogen functional groups attached to an aromatic ring is 1. The van der Waals surface area contributed by atoms with Gasteiger partial charge in [0.2, 0.25) is 0 Å². The lowest BCUT2D eigenvalue weighted by Gasteiger charge is -2.04. The number of fused-ring (bicyclic) bond motifs is 1. The quantitative estimate of drug-likeness (QED) is 0.789. The van der Waals surface area contributed by atoms with Crippen molar-refractivity contribution in [2.45, 2.75) is 6.42 Å². The molecule has 0 bridgehead atoms. The Kier molecular flexibility index (Phi) is 2.80. The van der Waals surface area contributed by atoms with Crippen LogP contribution in [0.1, 0.15) is 11.4 Å². The Balaban J connectivity index is 2.05. The van der Waals surface area contributed by atoms with Crippen LogP contribution in [0.15, 0.2) is 53.3 Å². The number of nitrogens with zero attached hydrogens (tertiary/aromatic N) is 2. The van der Waals surface area contributed by atoms with E-state index in [-0.39, 0.29) is 0 Å². The number of anilines is 1. The van der Waals surface area contributed by atoms with Gasteiger partial charge in [-0.05, 0) is 23.8 Å². The molecule has 2 aromatic heterocycles. The standard InChI is InChI=1S/C14H12BrN3/c15-13-4-2-1-3-10(13)7-14-17-8-12-6-5-11(16)9-18(12)14/h1-6,8-9H,7,16H2. The van der Waals surface area contributed by atoms with Gasteiger partial charge in [-0.15, -0.1) is 0 Å². The van der Waals surface area contributed by atoms with Crippen LogP contribution in [0.4, 0.5) is 5.69 Å². The lowest BCUT2D eigenvalue weighted by molar-refractivity contribution is 0.959. The zero-order valence-corrected chi connectivity index (χ0v) is 11.3. The Morgan fingerprint density at radius 3 is 2.83 bits per heavy atom. The number of aromatic nitrogens is 2.